The maximum atomic E-state index is 15.0. The quantitative estimate of drug-likeness (QED) is 0.190. The second-order valence-electron chi connectivity index (χ2n) is 13.0. The summed E-state index contributed by atoms with van der Waals surface area (Å²) in [6.07, 6.45) is 5.91. The van der Waals surface area contributed by atoms with Crippen LogP contribution in [0.15, 0.2) is 67.8 Å². The van der Waals surface area contributed by atoms with E-state index < -0.39 is 41.1 Å². The Kier molecular flexibility index (Phi) is 9.06. The molecular weight excluding hydrogens is 556 g/mol. The number of amides is 2. The van der Waals surface area contributed by atoms with Gasteiger partial charge in [0.05, 0.1) is 30.8 Å². The number of allylic oxidation sites excluding steroid dienone is 1. The monoisotopic (exact) mass is 602 g/mol. The van der Waals surface area contributed by atoms with Gasteiger partial charge < -0.3 is 24.4 Å². The Balaban J connectivity index is 1.62. The fraction of sp³-hybridized carbons (Fsp3) is 0.528. The molecule has 3 unspecified atom stereocenters. The molecule has 0 radical (unpaired) electrons. The molecule has 8 heteroatoms. The van der Waals surface area contributed by atoms with Crippen molar-refractivity contribution in [3.05, 3.63) is 67.8 Å². The van der Waals surface area contributed by atoms with Gasteiger partial charge in [-0.25, -0.2) is 0 Å². The lowest BCUT2D eigenvalue weighted by Gasteiger charge is -2.41. The highest BCUT2D eigenvalue weighted by molar-refractivity contribution is 6.06. The standard InChI is InChI=1S/C36H46N2O6/c1-7-10-13-19-43-34(42)30-29-32(40)38(28(22-39)23(4)9-3)31(36(29)21-24(5)35(30,6)44-36)33(41)37(18-8-2)27-17-16-25-14-11-12-15-26(25)20-27/h7-8,11-12,14-17,20,23-24,28-31,39H,1-2,9-10,13,18-19,21-22H2,3-6H3/t23-,24?,28-,29-,30+,31?,35-,36?/m0/s1. The molecule has 2 bridgehead atoms. The Morgan fingerprint density at radius 3 is 2.59 bits per heavy atom. The van der Waals surface area contributed by atoms with Gasteiger partial charge in [-0.1, -0.05) is 69.7 Å². The van der Waals surface area contributed by atoms with Crippen LogP contribution >= 0.6 is 0 Å². The van der Waals surface area contributed by atoms with E-state index in [0.29, 0.717) is 31.4 Å². The van der Waals surface area contributed by atoms with E-state index >= 15 is 4.79 Å². The summed E-state index contributed by atoms with van der Waals surface area (Å²) in [4.78, 5) is 46.7. The summed E-state index contributed by atoms with van der Waals surface area (Å²) in [6, 6.07) is 12.1. The molecule has 0 aromatic heterocycles. The maximum absolute atomic E-state index is 15.0. The lowest BCUT2D eigenvalue weighted by Crippen LogP contribution is -2.60. The average Bonchev–Trinajstić information content (AvgIpc) is 3.54. The van der Waals surface area contributed by atoms with E-state index in [-0.39, 0.29) is 43.4 Å². The van der Waals surface area contributed by atoms with Gasteiger partial charge in [-0.3, -0.25) is 14.4 Å². The van der Waals surface area contributed by atoms with Gasteiger partial charge in [0, 0.05) is 12.2 Å². The first-order valence-electron chi connectivity index (χ1n) is 15.9. The predicted octanol–water partition coefficient (Wildman–Crippen LogP) is 5.29. The molecule has 8 nitrogen and oxygen atoms in total. The highest BCUT2D eigenvalue weighted by Gasteiger charge is 2.81. The lowest BCUT2D eigenvalue weighted by molar-refractivity contribution is -0.163. The molecular formula is C36H46N2O6. The van der Waals surface area contributed by atoms with Crippen molar-refractivity contribution < 1.29 is 29.0 Å². The van der Waals surface area contributed by atoms with Gasteiger partial charge in [0.2, 0.25) is 5.91 Å². The smallest absolute Gasteiger partial charge is 0.312 e. The van der Waals surface area contributed by atoms with Crippen LogP contribution in [0.1, 0.15) is 53.4 Å². The molecule has 2 aromatic carbocycles. The minimum Gasteiger partial charge on any atom is -0.465 e. The Hall–Kier alpha value is -3.49. The first-order valence-corrected chi connectivity index (χ1v) is 15.9. The Bertz CT molecular complexity index is 1440. The van der Waals surface area contributed by atoms with Crippen molar-refractivity contribution in [2.75, 3.05) is 24.7 Å². The van der Waals surface area contributed by atoms with Gasteiger partial charge in [-0.2, -0.15) is 0 Å². The highest BCUT2D eigenvalue weighted by Crippen LogP contribution is 2.66. The number of benzene rings is 2. The van der Waals surface area contributed by atoms with Crippen LogP contribution < -0.4 is 4.90 Å². The van der Waals surface area contributed by atoms with Crippen molar-refractivity contribution >= 4 is 34.2 Å². The number of likely N-dealkylation sites (tertiary alicyclic amines) is 1. The molecule has 3 fully saturated rings. The molecule has 5 rings (SSSR count). The van der Waals surface area contributed by atoms with E-state index in [9.17, 15) is 14.7 Å². The fourth-order valence-electron chi connectivity index (χ4n) is 7.92. The zero-order valence-electron chi connectivity index (χ0n) is 26.4. The van der Waals surface area contributed by atoms with Gasteiger partial charge in [0.15, 0.2) is 0 Å². The zero-order chi connectivity index (χ0) is 31.8. The number of rotatable bonds is 13. The number of hydrogen-bond acceptors (Lipinski definition) is 6. The molecule has 1 spiro atoms. The van der Waals surface area contributed by atoms with Crippen LogP contribution in [0.3, 0.4) is 0 Å². The van der Waals surface area contributed by atoms with Gasteiger partial charge in [-0.15, -0.1) is 13.2 Å². The number of hydrogen-bond donors (Lipinski definition) is 1. The number of aliphatic hydroxyl groups is 1. The molecule has 0 aliphatic carbocycles. The average molecular weight is 603 g/mol. The molecule has 3 aliphatic rings. The number of unbranched alkanes of at least 4 members (excludes halogenated alkanes) is 1. The van der Waals surface area contributed by atoms with Crippen molar-refractivity contribution in [3.8, 4) is 0 Å². The van der Waals surface area contributed by atoms with E-state index in [0.717, 1.165) is 10.8 Å². The molecule has 8 atom stereocenters. The van der Waals surface area contributed by atoms with E-state index in [2.05, 4.69) is 13.2 Å². The van der Waals surface area contributed by atoms with E-state index in [1.807, 2.05) is 70.2 Å². The third-order valence-corrected chi connectivity index (χ3v) is 10.5. The summed E-state index contributed by atoms with van der Waals surface area (Å²) >= 11 is 0. The second-order valence-corrected chi connectivity index (χ2v) is 13.0. The van der Waals surface area contributed by atoms with E-state index in [1.54, 1.807) is 22.0 Å². The van der Waals surface area contributed by atoms with Crippen LogP contribution in [0.25, 0.3) is 10.8 Å². The molecule has 0 saturated carbocycles. The van der Waals surface area contributed by atoms with Gasteiger partial charge >= 0.3 is 5.97 Å². The number of carbonyl (C=O) groups is 3. The van der Waals surface area contributed by atoms with Crippen LogP contribution in [0.5, 0.6) is 0 Å². The second kappa shape index (κ2) is 12.5. The van der Waals surface area contributed by atoms with Crippen molar-refractivity contribution in [1.82, 2.24) is 4.90 Å². The largest absolute Gasteiger partial charge is 0.465 e. The Morgan fingerprint density at radius 1 is 1.20 bits per heavy atom. The third kappa shape index (κ3) is 4.96. The number of aliphatic hydroxyl groups excluding tert-OH is 1. The number of anilines is 1. The number of carbonyl (C=O) groups excluding carboxylic acids is 3. The Labute approximate surface area is 260 Å². The third-order valence-electron chi connectivity index (χ3n) is 10.5. The van der Waals surface area contributed by atoms with Gasteiger partial charge in [0.1, 0.15) is 17.6 Å². The first kappa shape index (κ1) is 31.9. The molecule has 3 heterocycles. The van der Waals surface area contributed by atoms with Gasteiger partial charge in [-0.05, 0) is 60.9 Å². The summed E-state index contributed by atoms with van der Waals surface area (Å²) in [7, 11) is 0. The van der Waals surface area contributed by atoms with Crippen molar-refractivity contribution in [3.63, 3.8) is 0 Å². The van der Waals surface area contributed by atoms with E-state index in [4.69, 9.17) is 9.47 Å². The first-order chi connectivity index (χ1) is 21.1. The minimum absolute atomic E-state index is 0.0995. The summed E-state index contributed by atoms with van der Waals surface area (Å²) in [5.74, 6) is -3.09. The van der Waals surface area contributed by atoms with Crippen LogP contribution in [-0.2, 0) is 23.9 Å². The Morgan fingerprint density at radius 2 is 1.93 bits per heavy atom. The predicted molar refractivity (Wildman–Crippen MR) is 171 cm³/mol. The van der Waals surface area contributed by atoms with Crippen molar-refractivity contribution in [2.45, 2.75) is 76.7 Å². The normalized spacial score (nSPS) is 30.2. The molecule has 3 saturated heterocycles. The summed E-state index contributed by atoms with van der Waals surface area (Å²) in [6.45, 7) is 15.6. The zero-order valence-corrected chi connectivity index (χ0v) is 26.4. The number of ether oxygens (including phenoxy) is 2. The van der Waals surface area contributed by atoms with Crippen LogP contribution in [-0.4, -0.2) is 70.8 Å². The van der Waals surface area contributed by atoms with Crippen molar-refractivity contribution in [1.29, 1.82) is 0 Å². The topological polar surface area (TPSA) is 96.4 Å². The summed E-state index contributed by atoms with van der Waals surface area (Å²) in [5.41, 5.74) is -1.54. The molecule has 236 valence electrons. The SMILES string of the molecule is C=CCCCOC(=O)[C@H]1[C@H]2C(=O)N([C@@H](CO)[C@@H](C)CC)C(C(=O)N(CC=C)c3ccc4ccccc4c3)C23CC(C)[C@]1(C)O3. The lowest BCUT2D eigenvalue weighted by atomic mass is 9.62. The number of nitrogens with zero attached hydrogens (tertiary/aromatic N) is 2. The van der Waals surface area contributed by atoms with Crippen LogP contribution in [0.4, 0.5) is 5.69 Å². The van der Waals surface area contributed by atoms with Gasteiger partial charge in [0.25, 0.3) is 5.91 Å². The number of fused-ring (bicyclic) bond motifs is 2. The van der Waals surface area contributed by atoms with Crippen molar-refractivity contribution in [2.24, 2.45) is 23.7 Å². The molecule has 1 N–H and O–H groups in total. The molecule has 2 aromatic rings. The minimum atomic E-state index is -1.25. The molecule has 2 amide bonds. The molecule has 44 heavy (non-hydrogen) atoms. The van der Waals surface area contributed by atoms with Crippen LogP contribution in [0, 0.1) is 23.7 Å². The summed E-state index contributed by atoms with van der Waals surface area (Å²) in [5, 5.41) is 12.7. The van der Waals surface area contributed by atoms with Crippen LogP contribution in [0.2, 0.25) is 0 Å². The maximum Gasteiger partial charge on any atom is 0.312 e. The van der Waals surface area contributed by atoms with E-state index in [1.165, 1.54) is 0 Å². The fourth-order valence-corrected chi connectivity index (χ4v) is 7.92. The molecule has 3 aliphatic heterocycles. The summed E-state index contributed by atoms with van der Waals surface area (Å²) < 4.78 is 12.6. The highest BCUT2D eigenvalue weighted by atomic mass is 16.6. The number of esters is 1.